The minimum atomic E-state index is -0.367. The van der Waals surface area contributed by atoms with E-state index >= 15 is 0 Å². The Bertz CT molecular complexity index is 1190. The second-order valence-corrected chi connectivity index (χ2v) is 6.48. The van der Waals surface area contributed by atoms with E-state index in [4.69, 9.17) is 16.3 Å². The van der Waals surface area contributed by atoms with E-state index < -0.39 is 0 Å². The van der Waals surface area contributed by atoms with Crippen molar-refractivity contribution < 1.29 is 9.53 Å². The molecular weight excluding hydrogens is 374 g/mol. The third-order valence-electron chi connectivity index (χ3n) is 4.21. The van der Waals surface area contributed by atoms with Gasteiger partial charge in [0.1, 0.15) is 10.9 Å². The molecule has 0 fully saturated rings. The predicted octanol–water partition coefficient (Wildman–Crippen LogP) is 4.57. The number of nitrogens with one attached hydrogen (secondary N) is 1. The Morgan fingerprint density at radius 2 is 1.79 bits per heavy atom. The highest BCUT2D eigenvalue weighted by molar-refractivity contribution is 6.32. The van der Waals surface area contributed by atoms with Gasteiger partial charge in [0.05, 0.1) is 11.7 Å². The minimum Gasteiger partial charge on any atom is -0.483 e. The maximum Gasteiger partial charge on any atom is 0.277 e. The average molecular weight is 390 g/mol. The summed E-state index contributed by atoms with van der Waals surface area (Å²) in [7, 11) is 0. The molecule has 1 N–H and O–H groups in total. The third kappa shape index (κ3) is 3.94. The number of rotatable bonds is 5. The van der Waals surface area contributed by atoms with E-state index in [1.165, 1.54) is 6.21 Å². The number of carbonyl (C=O) groups is 1. The zero-order chi connectivity index (χ0) is 19.3. The van der Waals surface area contributed by atoms with Crippen molar-refractivity contribution in [1.82, 2.24) is 10.4 Å². The van der Waals surface area contributed by atoms with Crippen molar-refractivity contribution in [3.8, 4) is 5.75 Å². The van der Waals surface area contributed by atoms with Crippen LogP contribution in [0.1, 0.15) is 5.56 Å². The molecule has 0 atom stereocenters. The molecule has 1 amide bonds. The maximum absolute atomic E-state index is 12.0. The van der Waals surface area contributed by atoms with E-state index in [0.717, 1.165) is 21.7 Å². The summed E-state index contributed by atoms with van der Waals surface area (Å²) in [6, 6.07) is 23.1. The number of halogens is 1. The Morgan fingerprint density at radius 1 is 1.04 bits per heavy atom. The Hall–Kier alpha value is -3.44. The number of ether oxygens (including phenoxy) is 1. The Balaban J connectivity index is 1.40. The van der Waals surface area contributed by atoms with Crippen molar-refractivity contribution in [1.29, 1.82) is 0 Å². The summed E-state index contributed by atoms with van der Waals surface area (Å²) >= 11 is 6.18. The highest BCUT2D eigenvalue weighted by Crippen LogP contribution is 2.25. The summed E-state index contributed by atoms with van der Waals surface area (Å²) in [5, 5.41) is 7.23. The van der Waals surface area contributed by atoms with Gasteiger partial charge in [0.15, 0.2) is 6.61 Å². The first kappa shape index (κ1) is 17.9. The molecule has 4 aromatic rings. The van der Waals surface area contributed by atoms with Crippen molar-refractivity contribution in [3.63, 3.8) is 0 Å². The number of para-hydroxylation sites is 1. The molecule has 0 spiro atoms. The monoisotopic (exact) mass is 389 g/mol. The number of benzene rings is 3. The molecule has 0 radical (unpaired) electrons. The first-order valence-electron chi connectivity index (χ1n) is 8.68. The van der Waals surface area contributed by atoms with Crippen LogP contribution in [-0.4, -0.2) is 23.7 Å². The van der Waals surface area contributed by atoms with Gasteiger partial charge in [-0.1, -0.05) is 66.2 Å². The molecule has 3 aromatic carbocycles. The van der Waals surface area contributed by atoms with Crippen LogP contribution < -0.4 is 10.2 Å². The van der Waals surface area contributed by atoms with Crippen LogP contribution in [0, 0.1) is 0 Å². The molecule has 0 aliphatic heterocycles. The number of aromatic nitrogens is 1. The highest BCUT2D eigenvalue weighted by Gasteiger charge is 2.06. The quantitative estimate of drug-likeness (QED) is 0.309. The number of hydrazone groups is 1. The van der Waals surface area contributed by atoms with E-state index in [1.54, 1.807) is 0 Å². The van der Waals surface area contributed by atoms with Crippen molar-refractivity contribution in [2.75, 3.05) is 6.61 Å². The lowest BCUT2D eigenvalue weighted by Crippen LogP contribution is -2.24. The Morgan fingerprint density at radius 3 is 2.68 bits per heavy atom. The van der Waals surface area contributed by atoms with Crippen molar-refractivity contribution >= 4 is 45.4 Å². The first-order chi connectivity index (χ1) is 13.7. The van der Waals surface area contributed by atoms with Crippen molar-refractivity contribution in [2.24, 2.45) is 5.10 Å². The van der Waals surface area contributed by atoms with Crippen LogP contribution in [0.5, 0.6) is 5.75 Å². The number of pyridine rings is 1. The summed E-state index contributed by atoms with van der Waals surface area (Å²) in [6.45, 7) is -0.144. The molecule has 28 heavy (non-hydrogen) atoms. The fraction of sp³-hybridized carbons (Fsp3) is 0.0455. The van der Waals surface area contributed by atoms with Crippen LogP contribution in [0.25, 0.3) is 21.7 Å². The number of amides is 1. The molecule has 6 heteroatoms. The molecule has 0 saturated carbocycles. The number of nitrogens with zero attached hydrogens (tertiary/aromatic N) is 2. The molecular formula is C22H16ClN3O2. The van der Waals surface area contributed by atoms with E-state index in [9.17, 15) is 4.79 Å². The third-order valence-corrected chi connectivity index (χ3v) is 4.51. The largest absolute Gasteiger partial charge is 0.483 e. The normalized spacial score (nSPS) is 11.2. The molecule has 138 valence electrons. The van der Waals surface area contributed by atoms with E-state index in [1.807, 2.05) is 72.8 Å². The molecule has 1 heterocycles. The van der Waals surface area contributed by atoms with Gasteiger partial charge in [-0.3, -0.25) is 4.79 Å². The summed E-state index contributed by atoms with van der Waals surface area (Å²) in [4.78, 5) is 16.4. The standard InChI is InChI=1S/C22H16ClN3O2/c23-22-17(12-16-7-2-4-10-19(16)25-22)13-24-26-21(27)14-28-20-11-5-8-15-6-1-3-9-18(15)20/h1-13H,14H2,(H,26,27)/b24-13-. The average Bonchev–Trinajstić information content (AvgIpc) is 2.72. The Kier molecular flexibility index (Phi) is 5.17. The van der Waals surface area contributed by atoms with Crippen LogP contribution >= 0.6 is 11.6 Å². The fourth-order valence-corrected chi connectivity index (χ4v) is 3.06. The van der Waals surface area contributed by atoms with Gasteiger partial charge in [0, 0.05) is 16.3 Å². The van der Waals surface area contributed by atoms with Gasteiger partial charge in [0.25, 0.3) is 5.91 Å². The number of hydrogen-bond donors (Lipinski definition) is 1. The molecule has 5 nitrogen and oxygen atoms in total. The van der Waals surface area contributed by atoms with Gasteiger partial charge in [-0.15, -0.1) is 0 Å². The Labute approximate surface area is 166 Å². The number of hydrogen-bond acceptors (Lipinski definition) is 4. The summed E-state index contributed by atoms with van der Waals surface area (Å²) in [5.41, 5.74) is 3.87. The van der Waals surface area contributed by atoms with Crippen LogP contribution in [0.2, 0.25) is 5.15 Å². The fourth-order valence-electron chi connectivity index (χ4n) is 2.87. The number of carbonyl (C=O) groups excluding carboxylic acids is 1. The van der Waals surface area contributed by atoms with Gasteiger partial charge in [-0.25, -0.2) is 10.4 Å². The SMILES string of the molecule is O=C(COc1cccc2ccccc12)N/N=C\c1cc2ccccc2nc1Cl. The van der Waals surface area contributed by atoms with Crippen LogP contribution in [0.15, 0.2) is 77.9 Å². The summed E-state index contributed by atoms with van der Waals surface area (Å²) < 4.78 is 5.64. The zero-order valence-corrected chi connectivity index (χ0v) is 15.6. The van der Waals surface area contributed by atoms with Crippen LogP contribution in [-0.2, 0) is 4.79 Å². The highest BCUT2D eigenvalue weighted by atomic mass is 35.5. The van der Waals surface area contributed by atoms with E-state index in [2.05, 4.69) is 15.5 Å². The van der Waals surface area contributed by atoms with Gasteiger partial charge in [0.2, 0.25) is 0 Å². The number of fused-ring (bicyclic) bond motifs is 2. The molecule has 0 saturated heterocycles. The van der Waals surface area contributed by atoms with Crippen LogP contribution in [0.3, 0.4) is 0 Å². The van der Waals surface area contributed by atoms with Gasteiger partial charge < -0.3 is 4.74 Å². The predicted molar refractivity (Wildman–Crippen MR) is 112 cm³/mol. The lowest BCUT2D eigenvalue weighted by molar-refractivity contribution is -0.123. The molecule has 0 bridgehead atoms. The molecule has 1 aromatic heterocycles. The summed E-state index contributed by atoms with van der Waals surface area (Å²) in [6.07, 6.45) is 1.47. The van der Waals surface area contributed by atoms with Gasteiger partial charge in [-0.2, -0.15) is 5.10 Å². The maximum atomic E-state index is 12.0. The molecule has 0 aliphatic carbocycles. The molecule has 0 aliphatic rings. The van der Waals surface area contributed by atoms with Gasteiger partial charge >= 0.3 is 0 Å². The second-order valence-electron chi connectivity index (χ2n) is 6.12. The van der Waals surface area contributed by atoms with E-state index in [0.29, 0.717) is 16.5 Å². The first-order valence-corrected chi connectivity index (χ1v) is 9.06. The zero-order valence-electron chi connectivity index (χ0n) is 14.8. The minimum absolute atomic E-state index is 0.144. The van der Waals surface area contributed by atoms with Crippen molar-refractivity contribution in [3.05, 3.63) is 83.5 Å². The second kappa shape index (κ2) is 8.06. The lowest BCUT2D eigenvalue weighted by atomic mass is 10.1. The molecule has 0 unspecified atom stereocenters. The van der Waals surface area contributed by atoms with Gasteiger partial charge in [-0.05, 0) is 23.6 Å². The summed E-state index contributed by atoms with van der Waals surface area (Å²) in [5.74, 6) is 0.285. The molecule has 4 rings (SSSR count). The lowest BCUT2D eigenvalue weighted by Gasteiger charge is -2.08. The van der Waals surface area contributed by atoms with Crippen LogP contribution in [0.4, 0.5) is 0 Å². The van der Waals surface area contributed by atoms with Crippen molar-refractivity contribution in [2.45, 2.75) is 0 Å². The smallest absolute Gasteiger partial charge is 0.277 e. The van der Waals surface area contributed by atoms with E-state index in [-0.39, 0.29) is 12.5 Å². The topological polar surface area (TPSA) is 63.6 Å².